The van der Waals surface area contributed by atoms with Crippen molar-refractivity contribution in [3.63, 3.8) is 0 Å². The second kappa shape index (κ2) is 15.4. The van der Waals surface area contributed by atoms with Crippen LogP contribution in [0.3, 0.4) is 0 Å². The average molecular weight is 647 g/mol. The number of nitrogens with two attached hydrogens (primary N) is 1. The molecule has 12 nitrogen and oxygen atoms in total. The Bertz CT molecular complexity index is 1420. The molecule has 13 heteroatoms. The van der Waals surface area contributed by atoms with E-state index in [1.54, 1.807) is 6.26 Å². The molecule has 7 N–H and O–H groups in total. The molecule has 0 aliphatic carbocycles. The van der Waals surface area contributed by atoms with Crippen LogP contribution < -0.4 is 11.1 Å². The van der Waals surface area contributed by atoms with Crippen molar-refractivity contribution in [3.8, 4) is 0 Å². The molecule has 9 atom stereocenters. The first-order valence-electron chi connectivity index (χ1n) is 15.8. The van der Waals surface area contributed by atoms with Gasteiger partial charge in [-0.1, -0.05) is 45.4 Å². The molecule has 2 saturated heterocycles. The molecule has 3 aromatic rings. The number of amides is 1. The molecule has 0 spiro atoms. The Kier molecular flexibility index (Phi) is 12.1. The Balaban J connectivity index is 0.000000220. The van der Waals surface area contributed by atoms with Crippen LogP contribution in [0.5, 0.6) is 0 Å². The fourth-order valence-electron chi connectivity index (χ4n) is 6.47. The highest BCUT2D eigenvalue weighted by molar-refractivity contribution is 7.99. The van der Waals surface area contributed by atoms with Gasteiger partial charge in [-0.3, -0.25) is 9.69 Å². The summed E-state index contributed by atoms with van der Waals surface area (Å²) in [4.78, 5) is 23.7. The van der Waals surface area contributed by atoms with E-state index in [0.717, 1.165) is 54.3 Å². The second-order valence-corrected chi connectivity index (χ2v) is 13.7. The Hall–Kier alpha value is -2.52. The Morgan fingerprint density at radius 1 is 1.18 bits per heavy atom. The number of carbonyl (C=O) groups is 1. The number of hydrogen-bond acceptors (Lipinski definition) is 11. The van der Waals surface area contributed by atoms with Gasteiger partial charge in [0.2, 0.25) is 5.91 Å². The maximum atomic E-state index is 12.8. The van der Waals surface area contributed by atoms with Gasteiger partial charge in [0.25, 0.3) is 0 Å². The first-order chi connectivity index (χ1) is 21.4. The zero-order valence-corrected chi connectivity index (χ0v) is 27.9. The summed E-state index contributed by atoms with van der Waals surface area (Å²) in [6.45, 7) is 9.81. The smallest absolute Gasteiger partial charge is 0.237 e. The van der Waals surface area contributed by atoms with Gasteiger partial charge in [0.1, 0.15) is 35.4 Å². The van der Waals surface area contributed by atoms with Crippen molar-refractivity contribution >= 4 is 45.4 Å². The maximum Gasteiger partial charge on any atom is 0.237 e. The third-order valence-electron chi connectivity index (χ3n) is 8.70. The lowest BCUT2D eigenvalue weighted by molar-refractivity contribution is -0.211. The molecule has 1 amide bonds. The van der Waals surface area contributed by atoms with Crippen LogP contribution in [0.15, 0.2) is 30.6 Å². The van der Waals surface area contributed by atoms with Crippen LogP contribution in [0.4, 0.5) is 5.82 Å². The Morgan fingerprint density at radius 2 is 1.89 bits per heavy atom. The highest BCUT2D eigenvalue weighted by atomic mass is 32.2. The molecular formula is C32H50N6O6S. The number of anilines is 1. The maximum absolute atomic E-state index is 12.8. The predicted molar refractivity (Wildman–Crippen MR) is 178 cm³/mol. The third kappa shape index (κ3) is 7.90. The molecule has 5 rings (SSSR count). The van der Waals surface area contributed by atoms with Gasteiger partial charge < -0.3 is 40.8 Å². The van der Waals surface area contributed by atoms with Crippen molar-refractivity contribution < 1.29 is 30.0 Å². The number of pyridine rings is 1. The van der Waals surface area contributed by atoms with E-state index in [2.05, 4.69) is 46.7 Å². The van der Waals surface area contributed by atoms with Gasteiger partial charge in [0, 0.05) is 18.5 Å². The van der Waals surface area contributed by atoms with E-state index in [9.17, 15) is 25.2 Å². The lowest BCUT2D eigenvalue weighted by Gasteiger charge is -2.44. The van der Waals surface area contributed by atoms with E-state index < -0.39 is 42.0 Å². The fourth-order valence-corrected chi connectivity index (χ4v) is 7.15. The molecule has 0 saturated carbocycles. The molecule has 2 aliphatic heterocycles. The highest BCUT2D eigenvalue weighted by Gasteiger charge is 2.48. The average Bonchev–Trinajstić information content (AvgIpc) is 3.59. The number of likely N-dealkylation sites (tertiary alicyclic amines) is 1. The van der Waals surface area contributed by atoms with Crippen LogP contribution in [0.2, 0.25) is 0 Å². The van der Waals surface area contributed by atoms with Crippen LogP contribution in [0.25, 0.3) is 21.9 Å². The molecule has 45 heavy (non-hydrogen) atoms. The number of para-hydroxylation sites is 1. The summed E-state index contributed by atoms with van der Waals surface area (Å²) < 4.78 is 7.89. The molecular weight excluding hydrogens is 596 g/mol. The fraction of sp³-hybridized carbons (Fsp3) is 0.656. The molecule has 0 radical (unpaired) electrons. The Morgan fingerprint density at radius 3 is 2.53 bits per heavy atom. The normalized spacial score (nSPS) is 28.6. The van der Waals surface area contributed by atoms with E-state index in [1.807, 2.05) is 36.5 Å². The topological polar surface area (TPSA) is 179 Å². The van der Waals surface area contributed by atoms with Gasteiger partial charge >= 0.3 is 0 Å². The number of hydrogen-bond donors (Lipinski definition) is 6. The number of thioether (sulfide) groups is 1. The van der Waals surface area contributed by atoms with E-state index in [0.29, 0.717) is 17.7 Å². The zero-order valence-electron chi connectivity index (χ0n) is 27.1. The molecule has 4 heterocycles. The number of imidazole rings is 1. The largest absolute Gasteiger partial charge is 0.391 e. The van der Waals surface area contributed by atoms with Crippen LogP contribution >= 0.6 is 11.8 Å². The molecule has 250 valence electrons. The predicted octanol–water partition coefficient (Wildman–Crippen LogP) is 1.97. The number of aromatic nitrogens is 3. The number of aliphatic hydroxyl groups is 4. The molecule has 0 unspecified atom stereocenters. The first kappa shape index (κ1) is 35.3. The van der Waals surface area contributed by atoms with Crippen LogP contribution in [-0.2, 0) is 16.1 Å². The number of likely N-dealkylation sites (N-methyl/N-ethyl adjacent to an activating group) is 1. The van der Waals surface area contributed by atoms with E-state index >= 15 is 0 Å². The number of nitrogens with zero attached hydrogens (tertiary/aromatic N) is 4. The lowest BCUT2D eigenvalue weighted by atomic mass is 9.92. The van der Waals surface area contributed by atoms with Gasteiger partial charge in [-0.25, -0.2) is 9.97 Å². The molecule has 1 aromatic carbocycles. The van der Waals surface area contributed by atoms with Gasteiger partial charge in [-0.15, -0.1) is 11.8 Å². The number of ether oxygens (including phenoxy) is 1. The summed E-state index contributed by atoms with van der Waals surface area (Å²) in [7, 11) is 1.91. The molecule has 2 aromatic heterocycles. The minimum Gasteiger partial charge on any atom is -0.391 e. The summed E-state index contributed by atoms with van der Waals surface area (Å²) in [5.74, 6) is 1.32. The van der Waals surface area contributed by atoms with Gasteiger partial charge in [0.15, 0.2) is 5.82 Å². The number of rotatable bonds is 9. The molecule has 2 fully saturated rings. The van der Waals surface area contributed by atoms with Gasteiger partial charge in [-0.2, -0.15) is 0 Å². The van der Waals surface area contributed by atoms with Crippen LogP contribution in [0.1, 0.15) is 47.0 Å². The van der Waals surface area contributed by atoms with E-state index in [-0.39, 0.29) is 11.9 Å². The summed E-state index contributed by atoms with van der Waals surface area (Å²) >= 11 is 1.20. The van der Waals surface area contributed by atoms with Gasteiger partial charge in [-0.05, 0) is 51.0 Å². The SMILES string of the molecule is CC(C)Cn1cnc2c(N)nc3ccccc3c21.CCC[C@@H]1C[C@@H](C(=O)N[C@@H]([C@H]2O[C@H](SC)[C@H](O)[C@@H](O)[C@H]2O)[C@@H](C)O)N(C)C1. The van der Waals surface area contributed by atoms with Crippen molar-refractivity contribution in [2.75, 3.05) is 25.6 Å². The summed E-state index contributed by atoms with van der Waals surface area (Å²) in [6.07, 6.45) is 0.360. The number of carbonyl (C=O) groups excluding carboxylic acids is 1. The van der Waals surface area contributed by atoms with Crippen molar-refractivity contribution in [1.82, 2.24) is 24.8 Å². The zero-order chi connectivity index (χ0) is 33.0. The van der Waals surface area contributed by atoms with Gasteiger partial charge in [0.05, 0.1) is 35.5 Å². The second-order valence-electron chi connectivity index (χ2n) is 12.8. The number of benzene rings is 1. The quantitative estimate of drug-likeness (QED) is 0.200. The highest BCUT2D eigenvalue weighted by Crippen LogP contribution is 2.31. The van der Waals surface area contributed by atoms with Crippen LogP contribution in [-0.4, -0.2) is 114 Å². The minimum absolute atomic E-state index is 0.223. The van der Waals surface area contributed by atoms with Crippen molar-refractivity contribution in [2.24, 2.45) is 11.8 Å². The summed E-state index contributed by atoms with van der Waals surface area (Å²) in [5.41, 5.74) is 8.04. The monoisotopic (exact) mass is 646 g/mol. The molecule has 2 aliphatic rings. The third-order valence-corrected chi connectivity index (χ3v) is 9.55. The number of nitrogens with one attached hydrogen (secondary N) is 1. The minimum atomic E-state index is -1.42. The van der Waals surface area contributed by atoms with E-state index in [4.69, 9.17) is 10.5 Å². The lowest BCUT2D eigenvalue weighted by Crippen LogP contribution is -2.65. The number of fused-ring (bicyclic) bond motifs is 3. The summed E-state index contributed by atoms with van der Waals surface area (Å²) in [5, 5.41) is 44.6. The van der Waals surface area contributed by atoms with Crippen molar-refractivity contribution in [3.05, 3.63) is 30.6 Å². The van der Waals surface area contributed by atoms with Crippen molar-refractivity contribution in [1.29, 1.82) is 0 Å². The summed E-state index contributed by atoms with van der Waals surface area (Å²) in [6, 6.07) is 6.86. The number of nitrogen functional groups attached to an aromatic ring is 1. The molecule has 0 bridgehead atoms. The Labute approximate surface area is 269 Å². The van der Waals surface area contributed by atoms with Crippen molar-refractivity contribution in [2.45, 2.75) is 102 Å². The van der Waals surface area contributed by atoms with E-state index in [1.165, 1.54) is 18.7 Å². The standard InChI is InChI=1S/C18H34N2O6S.C14H16N4/c1-5-6-10-7-11(20(3)8-10)17(25)19-12(9(2)21)16-14(23)13(22)15(24)18(26-16)27-4;1-9(2)7-18-8-16-12-13(18)10-5-3-4-6-11(10)17-14(12)15/h9-16,18,21-24H,5-8H2,1-4H3,(H,19,25);3-6,8-9H,7H2,1-2H3,(H2,15,17)/t9-,10-,11+,12-,13+,14-,15-,16-,18-;/m1./s1. The first-order valence-corrected chi connectivity index (χ1v) is 17.1. The van der Waals surface area contributed by atoms with Crippen LogP contribution in [0, 0.1) is 11.8 Å². The number of aliphatic hydroxyl groups excluding tert-OH is 4.